The Morgan fingerprint density at radius 1 is 1.19 bits per heavy atom. The van der Waals surface area contributed by atoms with Crippen molar-refractivity contribution in [2.75, 3.05) is 5.73 Å². The maximum Gasteiger partial charge on any atom is 0.131 e. The molecule has 1 heterocycles. The van der Waals surface area contributed by atoms with Crippen molar-refractivity contribution in [2.24, 2.45) is 0 Å². The lowest BCUT2D eigenvalue weighted by Crippen LogP contribution is -2.12. The summed E-state index contributed by atoms with van der Waals surface area (Å²) in [5.41, 5.74) is 7.18. The highest BCUT2D eigenvalue weighted by molar-refractivity contribution is 9.10. The Bertz CT molecular complexity index is 541. The van der Waals surface area contributed by atoms with E-state index in [1.807, 2.05) is 18.3 Å². The van der Waals surface area contributed by atoms with Gasteiger partial charge in [0, 0.05) is 16.1 Å². The summed E-state index contributed by atoms with van der Waals surface area (Å²) in [7, 11) is 0. The van der Waals surface area contributed by atoms with E-state index in [4.69, 9.17) is 5.73 Å². The fraction of sp³-hybridized carbons (Fsp3) is 0.308. The molecule has 2 nitrogen and oxygen atoms in total. The summed E-state index contributed by atoms with van der Waals surface area (Å²) < 4.78 is 1.07. The van der Waals surface area contributed by atoms with Crippen LogP contribution in [-0.2, 0) is 5.41 Å². The zero-order valence-electron chi connectivity index (χ0n) is 9.71. The zero-order valence-corrected chi connectivity index (χ0v) is 11.3. The second-order valence-electron chi connectivity index (χ2n) is 5.00. The number of nitrogen functional groups attached to an aromatic ring is 1. The number of rotatable bonds is 0. The average molecular weight is 279 g/mol. The average Bonchev–Trinajstić information content (AvgIpc) is 2.15. The van der Waals surface area contributed by atoms with E-state index < -0.39 is 0 Å². The van der Waals surface area contributed by atoms with Gasteiger partial charge in [0.1, 0.15) is 5.82 Å². The molecule has 0 radical (unpaired) electrons. The molecule has 0 fully saturated rings. The molecule has 16 heavy (non-hydrogen) atoms. The molecule has 1 aromatic carbocycles. The molecule has 0 aliphatic rings. The van der Waals surface area contributed by atoms with Crippen LogP contribution in [0.4, 0.5) is 5.82 Å². The van der Waals surface area contributed by atoms with Gasteiger partial charge >= 0.3 is 0 Å². The van der Waals surface area contributed by atoms with Gasteiger partial charge < -0.3 is 5.73 Å². The summed E-state index contributed by atoms with van der Waals surface area (Å²) in [6, 6.07) is 6.11. The van der Waals surface area contributed by atoms with Crippen LogP contribution in [0.15, 0.2) is 28.9 Å². The SMILES string of the molecule is CC(C)(C)c1cnc(N)c2ccc(Br)cc12. The van der Waals surface area contributed by atoms with Crippen LogP contribution in [0.25, 0.3) is 10.8 Å². The maximum atomic E-state index is 5.89. The number of hydrogen-bond acceptors (Lipinski definition) is 2. The van der Waals surface area contributed by atoms with Gasteiger partial charge in [0.25, 0.3) is 0 Å². The third-order valence-electron chi connectivity index (χ3n) is 2.69. The topological polar surface area (TPSA) is 38.9 Å². The number of fused-ring (bicyclic) bond motifs is 1. The monoisotopic (exact) mass is 278 g/mol. The van der Waals surface area contributed by atoms with E-state index in [2.05, 4.69) is 47.8 Å². The first-order valence-electron chi connectivity index (χ1n) is 5.24. The van der Waals surface area contributed by atoms with E-state index in [0.717, 1.165) is 9.86 Å². The van der Waals surface area contributed by atoms with Crippen LogP contribution in [0.3, 0.4) is 0 Å². The van der Waals surface area contributed by atoms with Gasteiger partial charge in [0.15, 0.2) is 0 Å². The first kappa shape index (κ1) is 11.4. The molecule has 0 bridgehead atoms. The molecule has 0 unspecified atom stereocenters. The summed E-state index contributed by atoms with van der Waals surface area (Å²) >= 11 is 3.50. The Labute approximate surface area is 104 Å². The van der Waals surface area contributed by atoms with E-state index >= 15 is 0 Å². The summed E-state index contributed by atoms with van der Waals surface area (Å²) in [6.45, 7) is 6.54. The van der Waals surface area contributed by atoms with E-state index in [0.29, 0.717) is 5.82 Å². The van der Waals surface area contributed by atoms with Crippen molar-refractivity contribution in [3.05, 3.63) is 34.4 Å². The smallest absolute Gasteiger partial charge is 0.131 e. The van der Waals surface area contributed by atoms with Crippen molar-refractivity contribution in [3.8, 4) is 0 Å². The highest BCUT2D eigenvalue weighted by Crippen LogP contribution is 2.33. The van der Waals surface area contributed by atoms with Gasteiger partial charge in [-0.15, -0.1) is 0 Å². The van der Waals surface area contributed by atoms with Gasteiger partial charge in [-0.25, -0.2) is 4.98 Å². The first-order valence-corrected chi connectivity index (χ1v) is 6.03. The van der Waals surface area contributed by atoms with Gasteiger partial charge in [-0.2, -0.15) is 0 Å². The van der Waals surface area contributed by atoms with Gasteiger partial charge in [0.2, 0.25) is 0 Å². The molecule has 0 saturated carbocycles. The van der Waals surface area contributed by atoms with Crippen molar-refractivity contribution in [2.45, 2.75) is 26.2 Å². The van der Waals surface area contributed by atoms with Crippen molar-refractivity contribution in [3.63, 3.8) is 0 Å². The van der Waals surface area contributed by atoms with Crippen LogP contribution < -0.4 is 5.73 Å². The molecular weight excluding hydrogens is 264 g/mol. The number of nitrogens with two attached hydrogens (primary N) is 1. The maximum absolute atomic E-state index is 5.89. The van der Waals surface area contributed by atoms with Gasteiger partial charge in [-0.05, 0) is 34.6 Å². The second-order valence-corrected chi connectivity index (χ2v) is 5.91. The number of halogens is 1. The summed E-state index contributed by atoms with van der Waals surface area (Å²) in [5.74, 6) is 0.593. The standard InChI is InChI=1S/C13H15BrN2/c1-13(2,3)11-7-16-12(15)9-5-4-8(14)6-10(9)11/h4-7H,1-3H3,(H2,15,16). The number of nitrogens with zero attached hydrogens (tertiary/aromatic N) is 1. The minimum absolute atomic E-state index is 0.0692. The number of aromatic nitrogens is 1. The van der Waals surface area contributed by atoms with E-state index in [9.17, 15) is 0 Å². The molecule has 2 N–H and O–H groups in total. The van der Waals surface area contributed by atoms with Crippen LogP contribution in [0, 0.1) is 0 Å². The number of anilines is 1. The van der Waals surface area contributed by atoms with Crippen molar-refractivity contribution >= 4 is 32.5 Å². The Morgan fingerprint density at radius 2 is 1.88 bits per heavy atom. The predicted molar refractivity (Wildman–Crippen MR) is 72.6 cm³/mol. The molecule has 0 amide bonds. The zero-order chi connectivity index (χ0) is 11.9. The molecule has 0 atom stereocenters. The molecule has 0 spiro atoms. The van der Waals surface area contributed by atoms with Crippen LogP contribution in [-0.4, -0.2) is 4.98 Å². The first-order chi connectivity index (χ1) is 7.39. The van der Waals surface area contributed by atoms with Crippen LogP contribution in [0.5, 0.6) is 0 Å². The number of benzene rings is 1. The molecule has 0 aliphatic carbocycles. The molecule has 0 aliphatic heterocycles. The molecule has 1 aromatic heterocycles. The Morgan fingerprint density at radius 3 is 2.50 bits per heavy atom. The number of hydrogen-bond donors (Lipinski definition) is 1. The Balaban J connectivity index is 2.86. The second kappa shape index (κ2) is 3.74. The Hall–Kier alpha value is -1.09. The van der Waals surface area contributed by atoms with Crippen LogP contribution >= 0.6 is 15.9 Å². The largest absolute Gasteiger partial charge is 0.383 e. The molecule has 2 aromatic rings. The van der Waals surface area contributed by atoms with Crippen molar-refractivity contribution in [1.29, 1.82) is 0 Å². The third-order valence-corrected chi connectivity index (χ3v) is 3.18. The minimum atomic E-state index is 0.0692. The van der Waals surface area contributed by atoms with Crippen molar-refractivity contribution < 1.29 is 0 Å². The minimum Gasteiger partial charge on any atom is -0.383 e. The van der Waals surface area contributed by atoms with Crippen molar-refractivity contribution in [1.82, 2.24) is 4.98 Å². The van der Waals surface area contributed by atoms with Crippen LogP contribution in [0.1, 0.15) is 26.3 Å². The quantitative estimate of drug-likeness (QED) is 0.794. The molecule has 2 rings (SSSR count). The summed E-state index contributed by atoms with van der Waals surface area (Å²) in [4.78, 5) is 4.27. The summed E-state index contributed by atoms with van der Waals surface area (Å²) in [6.07, 6.45) is 1.88. The highest BCUT2D eigenvalue weighted by atomic mass is 79.9. The number of pyridine rings is 1. The van der Waals surface area contributed by atoms with Gasteiger partial charge in [-0.3, -0.25) is 0 Å². The van der Waals surface area contributed by atoms with Gasteiger partial charge in [-0.1, -0.05) is 36.7 Å². The third kappa shape index (κ3) is 1.92. The lowest BCUT2D eigenvalue weighted by molar-refractivity contribution is 0.593. The lowest BCUT2D eigenvalue weighted by atomic mass is 9.85. The lowest BCUT2D eigenvalue weighted by Gasteiger charge is -2.21. The summed E-state index contributed by atoms with van der Waals surface area (Å²) in [5, 5.41) is 2.20. The fourth-order valence-corrected chi connectivity index (χ4v) is 2.19. The molecule has 0 saturated heterocycles. The van der Waals surface area contributed by atoms with Crippen LogP contribution in [0.2, 0.25) is 0 Å². The van der Waals surface area contributed by atoms with E-state index in [-0.39, 0.29) is 5.41 Å². The Kier molecular flexibility index (Phi) is 2.66. The molecule has 3 heteroatoms. The molecular formula is C13H15BrN2. The normalized spacial score (nSPS) is 12.0. The molecule has 84 valence electrons. The van der Waals surface area contributed by atoms with E-state index in [1.54, 1.807) is 0 Å². The highest BCUT2D eigenvalue weighted by Gasteiger charge is 2.18. The van der Waals surface area contributed by atoms with E-state index in [1.165, 1.54) is 10.9 Å². The van der Waals surface area contributed by atoms with Gasteiger partial charge in [0.05, 0.1) is 0 Å². The fourth-order valence-electron chi connectivity index (χ4n) is 1.83. The predicted octanol–water partition coefficient (Wildman–Crippen LogP) is 3.88.